The third kappa shape index (κ3) is 6.00. The highest BCUT2D eigenvalue weighted by molar-refractivity contribution is 5.39. The molecule has 1 aromatic rings. The molecule has 18 heavy (non-hydrogen) atoms. The molecule has 0 saturated heterocycles. The quantitative estimate of drug-likeness (QED) is 0.549. The molecule has 1 atom stereocenters. The van der Waals surface area contributed by atoms with Gasteiger partial charge in [0.25, 0.3) is 0 Å². The van der Waals surface area contributed by atoms with Gasteiger partial charge in [0.05, 0.1) is 19.8 Å². The highest BCUT2D eigenvalue weighted by Crippen LogP contribution is 2.14. The SMILES string of the molecule is CC(C)COCCOCC(O)c1ccc(N)cc1. The first-order valence-electron chi connectivity index (χ1n) is 6.28. The lowest BCUT2D eigenvalue weighted by molar-refractivity contribution is -0.00121. The number of hydrogen-bond acceptors (Lipinski definition) is 4. The monoisotopic (exact) mass is 253 g/mol. The number of hydrogen-bond donors (Lipinski definition) is 2. The van der Waals surface area contributed by atoms with Crippen LogP contribution < -0.4 is 5.73 Å². The van der Waals surface area contributed by atoms with Crippen molar-refractivity contribution in [2.45, 2.75) is 20.0 Å². The molecule has 0 bridgehead atoms. The lowest BCUT2D eigenvalue weighted by atomic mass is 10.1. The summed E-state index contributed by atoms with van der Waals surface area (Å²) in [4.78, 5) is 0. The Morgan fingerprint density at radius 3 is 2.17 bits per heavy atom. The van der Waals surface area contributed by atoms with Crippen LogP contribution in [-0.2, 0) is 9.47 Å². The van der Waals surface area contributed by atoms with E-state index in [4.69, 9.17) is 15.2 Å². The molecule has 0 aromatic heterocycles. The maximum atomic E-state index is 9.85. The summed E-state index contributed by atoms with van der Waals surface area (Å²) < 4.78 is 10.7. The van der Waals surface area contributed by atoms with Crippen molar-refractivity contribution in [2.75, 3.05) is 32.2 Å². The van der Waals surface area contributed by atoms with Crippen LogP contribution in [0, 0.1) is 5.92 Å². The van der Waals surface area contributed by atoms with Gasteiger partial charge in [-0.05, 0) is 23.6 Å². The summed E-state index contributed by atoms with van der Waals surface area (Å²) in [6.45, 7) is 6.28. The molecule has 1 aromatic carbocycles. The van der Waals surface area contributed by atoms with Gasteiger partial charge in [0, 0.05) is 12.3 Å². The first kappa shape index (κ1) is 15.0. The number of ether oxygens (including phenoxy) is 2. The van der Waals surface area contributed by atoms with Crippen molar-refractivity contribution in [1.29, 1.82) is 0 Å². The van der Waals surface area contributed by atoms with Crippen molar-refractivity contribution in [3.63, 3.8) is 0 Å². The summed E-state index contributed by atoms with van der Waals surface area (Å²) in [7, 11) is 0. The average molecular weight is 253 g/mol. The van der Waals surface area contributed by atoms with Crippen LogP contribution in [0.5, 0.6) is 0 Å². The van der Waals surface area contributed by atoms with Gasteiger partial charge in [0.1, 0.15) is 6.10 Å². The van der Waals surface area contributed by atoms with Gasteiger partial charge >= 0.3 is 0 Å². The summed E-state index contributed by atoms with van der Waals surface area (Å²) in [6.07, 6.45) is -0.615. The Labute approximate surface area is 109 Å². The highest BCUT2D eigenvalue weighted by atomic mass is 16.5. The molecule has 3 N–H and O–H groups in total. The Bertz CT molecular complexity index is 324. The Kier molecular flexibility index (Phi) is 6.72. The molecule has 0 aliphatic carbocycles. The molecular weight excluding hydrogens is 230 g/mol. The molecule has 1 rings (SSSR count). The summed E-state index contributed by atoms with van der Waals surface area (Å²) in [5, 5.41) is 9.85. The van der Waals surface area contributed by atoms with Crippen LogP contribution in [0.25, 0.3) is 0 Å². The van der Waals surface area contributed by atoms with E-state index in [1.54, 1.807) is 24.3 Å². The number of aliphatic hydroxyl groups is 1. The molecule has 0 fully saturated rings. The first-order valence-corrected chi connectivity index (χ1v) is 6.28. The predicted molar refractivity (Wildman–Crippen MR) is 72.3 cm³/mol. The molecule has 0 saturated carbocycles. The van der Waals surface area contributed by atoms with Gasteiger partial charge in [-0.3, -0.25) is 0 Å². The Balaban J connectivity index is 2.13. The van der Waals surface area contributed by atoms with Crippen molar-refractivity contribution in [1.82, 2.24) is 0 Å². The second-order valence-electron chi connectivity index (χ2n) is 4.73. The van der Waals surface area contributed by atoms with Crippen molar-refractivity contribution in [3.8, 4) is 0 Å². The van der Waals surface area contributed by atoms with Gasteiger partial charge in [-0.15, -0.1) is 0 Å². The molecule has 0 aliphatic heterocycles. The number of aliphatic hydroxyl groups excluding tert-OH is 1. The summed E-state index contributed by atoms with van der Waals surface area (Å²) in [5.74, 6) is 0.533. The molecule has 4 nitrogen and oxygen atoms in total. The summed E-state index contributed by atoms with van der Waals surface area (Å²) in [5.41, 5.74) is 7.08. The standard InChI is InChI=1S/C14H23NO3/c1-11(2)9-17-7-8-18-10-14(16)12-3-5-13(15)6-4-12/h3-6,11,14,16H,7-10,15H2,1-2H3. The van der Waals surface area contributed by atoms with Gasteiger partial charge < -0.3 is 20.3 Å². The van der Waals surface area contributed by atoms with Crippen LogP contribution in [0.15, 0.2) is 24.3 Å². The molecular formula is C14H23NO3. The highest BCUT2D eigenvalue weighted by Gasteiger charge is 2.07. The topological polar surface area (TPSA) is 64.7 Å². The van der Waals surface area contributed by atoms with E-state index < -0.39 is 6.10 Å². The van der Waals surface area contributed by atoms with Crippen LogP contribution in [0.1, 0.15) is 25.5 Å². The van der Waals surface area contributed by atoms with E-state index in [-0.39, 0.29) is 6.61 Å². The van der Waals surface area contributed by atoms with Gasteiger partial charge in [0.15, 0.2) is 0 Å². The van der Waals surface area contributed by atoms with Crippen molar-refractivity contribution in [2.24, 2.45) is 5.92 Å². The van der Waals surface area contributed by atoms with Crippen LogP contribution in [0.2, 0.25) is 0 Å². The number of rotatable bonds is 8. The minimum atomic E-state index is -0.615. The third-order valence-electron chi connectivity index (χ3n) is 2.42. The minimum absolute atomic E-state index is 0.273. The van der Waals surface area contributed by atoms with Crippen molar-refractivity contribution in [3.05, 3.63) is 29.8 Å². The lowest BCUT2D eigenvalue weighted by Crippen LogP contribution is -2.12. The van der Waals surface area contributed by atoms with Crippen LogP contribution in [-0.4, -0.2) is 31.5 Å². The number of nitrogens with two attached hydrogens (primary N) is 1. The molecule has 0 heterocycles. The second kappa shape index (κ2) is 8.08. The normalized spacial score (nSPS) is 12.9. The van der Waals surface area contributed by atoms with E-state index >= 15 is 0 Å². The van der Waals surface area contributed by atoms with E-state index in [1.165, 1.54) is 0 Å². The van der Waals surface area contributed by atoms with E-state index in [2.05, 4.69) is 13.8 Å². The minimum Gasteiger partial charge on any atom is -0.399 e. The van der Waals surface area contributed by atoms with Gasteiger partial charge in [-0.2, -0.15) is 0 Å². The van der Waals surface area contributed by atoms with E-state index in [1.807, 2.05) is 0 Å². The molecule has 1 unspecified atom stereocenters. The van der Waals surface area contributed by atoms with E-state index in [0.717, 1.165) is 12.2 Å². The van der Waals surface area contributed by atoms with Crippen molar-refractivity contribution >= 4 is 5.69 Å². The van der Waals surface area contributed by atoms with Gasteiger partial charge in [-0.1, -0.05) is 26.0 Å². The average Bonchev–Trinajstić information content (AvgIpc) is 2.34. The molecule has 102 valence electrons. The molecule has 0 spiro atoms. The van der Waals surface area contributed by atoms with Gasteiger partial charge in [-0.25, -0.2) is 0 Å². The smallest absolute Gasteiger partial charge is 0.102 e. The summed E-state index contributed by atoms with van der Waals surface area (Å²) in [6, 6.07) is 7.14. The largest absolute Gasteiger partial charge is 0.399 e. The Hall–Kier alpha value is -1.10. The Morgan fingerprint density at radius 2 is 1.61 bits per heavy atom. The van der Waals surface area contributed by atoms with Gasteiger partial charge in [0.2, 0.25) is 0 Å². The number of anilines is 1. The van der Waals surface area contributed by atoms with E-state index in [0.29, 0.717) is 24.8 Å². The zero-order chi connectivity index (χ0) is 13.4. The number of benzene rings is 1. The predicted octanol–water partition coefficient (Wildman–Crippen LogP) is 1.99. The molecule has 0 aliphatic rings. The second-order valence-corrected chi connectivity index (χ2v) is 4.73. The fraction of sp³-hybridized carbons (Fsp3) is 0.571. The zero-order valence-corrected chi connectivity index (χ0v) is 11.1. The molecule has 0 amide bonds. The first-order chi connectivity index (χ1) is 8.59. The summed E-state index contributed by atoms with van der Waals surface area (Å²) >= 11 is 0. The van der Waals surface area contributed by atoms with E-state index in [9.17, 15) is 5.11 Å². The van der Waals surface area contributed by atoms with Crippen molar-refractivity contribution < 1.29 is 14.6 Å². The molecule has 4 heteroatoms. The maximum absolute atomic E-state index is 9.85. The fourth-order valence-corrected chi connectivity index (χ4v) is 1.45. The Morgan fingerprint density at radius 1 is 1.06 bits per heavy atom. The zero-order valence-electron chi connectivity index (χ0n) is 11.1. The number of nitrogen functional groups attached to an aromatic ring is 1. The van der Waals surface area contributed by atoms with Crippen LogP contribution in [0.3, 0.4) is 0 Å². The van der Waals surface area contributed by atoms with Crippen LogP contribution >= 0.6 is 0 Å². The molecule has 0 radical (unpaired) electrons. The fourth-order valence-electron chi connectivity index (χ4n) is 1.45. The lowest BCUT2D eigenvalue weighted by Gasteiger charge is -2.12. The third-order valence-corrected chi connectivity index (χ3v) is 2.42. The maximum Gasteiger partial charge on any atom is 0.102 e. The van der Waals surface area contributed by atoms with Crippen LogP contribution in [0.4, 0.5) is 5.69 Å².